The molecule has 14 nitrogen and oxygen atoms in total. The van der Waals surface area contributed by atoms with Crippen LogP contribution in [0.1, 0.15) is 34.6 Å². The zero-order chi connectivity index (χ0) is 34.1. The number of halogens is 2. The third-order valence-corrected chi connectivity index (χ3v) is 6.12. The molecule has 0 fully saturated rings. The molecule has 2 atom stereocenters. The van der Waals surface area contributed by atoms with E-state index in [1.165, 1.54) is 44.6 Å². The van der Waals surface area contributed by atoms with Crippen LogP contribution in [-0.2, 0) is 28.7 Å². The van der Waals surface area contributed by atoms with E-state index in [9.17, 15) is 33.9 Å². The number of rotatable bonds is 12. The molecule has 0 bridgehead atoms. The molecule has 0 aliphatic rings. The summed E-state index contributed by atoms with van der Waals surface area (Å²) >= 11 is 12.0. The van der Waals surface area contributed by atoms with Crippen molar-refractivity contribution in [3.63, 3.8) is 0 Å². The van der Waals surface area contributed by atoms with Crippen molar-refractivity contribution in [3.05, 3.63) is 75.8 Å². The van der Waals surface area contributed by atoms with Crippen molar-refractivity contribution in [2.24, 2.45) is 0 Å². The second kappa shape index (κ2) is 15.6. The minimum atomic E-state index is -2.41. The van der Waals surface area contributed by atoms with Gasteiger partial charge in [-0.25, -0.2) is 14.4 Å². The van der Waals surface area contributed by atoms with Gasteiger partial charge in [0.25, 0.3) is 5.91 Å². The number of aliphatic carboxylic acids is 1. The highest BCUT2D eigenvalue weighted by Crippen LogP contribution is 2.31. The predicted molar refractivity (Wildman–Crippen MR) is 160 cm³/mol. The minimum absolute atomic E-state index is 0.00258. The van der Waals surface area contributed by atoms with E-state index < -0.39 is 48.0 Å². The van der Waals surface area contributed by atoms with Crippen LogP contribution >= 0.6 is 23.2 Å². The number of nitrogens with one attached hydrogen (secondary N) is 1. The summed E-state index contributed by atoms with van der Waals surface area (Å²) in [6.45, 7) is 2.29. The van der Waals surface area contributed by atoms with Gasteiger partial charge in [0.2, 0.25) is 12.2 Å². The Labute approximate surface area is 271 Å². The van der Waals surface area contributed by atoms with Gasteiger partial charge in [-0.1, -0.05) is 23.2 Å². The van der Waals surface area contributed by atoms with Crippen molar-refractivity contribution < 1.29 is 62.3 Å². The molecule has 0 radical (unpaired) electrons. The molecule has 2 N–H and O–H groups in total. The number of hydrogen-bond donors (Lipinski definition) is 2. The lowest BCUT2D eigenvalue weighted by Gasteiger charge is -2.24. The predicted octanol–water partition coefficient (Wildman–Crippen LogP) is 4.34. The molecule has 0 aliphatic carbocycles. The standard InChI is InChI=1S/C30H25Cl2NO13/c1-14(34)43-21-7-5-16(9-23(21)41-3)29(39)45-25(27(36)33-20-12-18(31)11-19(32)13-20)26(28(37)38)46-30(40)17-6-8-22(44-15(2)35)24(10-17)42-4/h5-13,25-26H,1-4H3,(H,33,36)(H,37,38)/t25-,26-/m1/s1. The highest BCUT2D eigenvalue weighted by molar-refractivity contribution is 6.35. The molecule has 1 amide bonds. The largest absolute Gasteiger partial charge is 0.493 e. The third kappa shape index (κ3) is 9.33. The molecule has 0 aromatic heterocycles. The van der Waals surface area contributed by atoms with Crippen LogP contribution in [0.15, 0.2) is 54.6 Å². The molecule has 0 saturated carbocycles. The summed E-state index contributed by atoms with van der Waals surface area (Å²) < 4.78 is 30.7. The van der Waals surface area contributed by atoms with Gasteiger partial charge in [0, 0.05) is 29.6 Å². The van der Waals surface area contributed by atoms with Crippen LogP contribution in [0.5, 0.6) is 23.0 Å². The van der Waals surface area contributed by atoms with E-state index in [1.807, 2.05) is 0 Å². The van der Waals surface area contributed by atoms with Gasteiger partial charge < -0.3 is 38.8 Å². The Morgan fingerprint density at radius 2 is 1.09 bits per heavy atom. The lowest BCUT2D eigenvalue weighted by Crippen LogP contribution is -2.48. The van der Waals surface area contributed by atoms with Crippen LogP contribution in [0.25, 0.3) is 0 Å². The Morgan fingerprint density at radius 1 is 0.652 bits per heavy atom. The normalized spacial score (nSPS) is 11.7. The first kappa shape index (κ1) is 35.1. The van der Waals surface area contributed by atoms with E-state index in [0.29, 0.717) is 0 Å². The monoisotopic (exact) mass is 677 g/mol. The van der Waals surface area contributed by atoms with E-state index in [2.05, 4.69) is 5.32 Å². The van der Waals surface area contributed by atoms with Gasteiger partial charge in [0.05, 0.1) is 25.3 Å². The highest BCUT2D eigenvalue weighted by Gasteiger charge is 2.41. The van der Waals surface area contributed by atoms with E-state index in [-0.39, 0.29) is 49.9 Å². The number of benzene rings is 3. The van der Waals surface area contributed by atoms with Crippen LogP contribution in [0, 0.1) is 0 Å². The lowest BCUT2D eigenvalue weighted by molar-refractivity contribution is -0.157. The highest BCUT2D eigenvalue weighted by atomic mass is 35.5. The van der Waals surface area contributed by atoms with Crippen LogP contribution in [-0.4, -0.2) is 67.3 Å². The first-order valence-corrected chi connectivity index (χ1v) is 13.6. The maximum absolute atomic E-state index is 13.4. The van der Waals surface area contributed by atoms with Gasteiger partial charge in [-0.2, -0.15) is 0 Å². The summed E-state index contributed by atoms with van der Waals surface area (Å²) in [7, 11) is 2.46. The number of carbonyl (C=O) groups is 6. The molecule has 0 heterocycles. The fourth-order valence-electron chi connectivity index (χ4n) is 3.77. The second-order valence-corrected chi connectivity index (χ2v) is 9.93. The first-order valence-electron chi connectivity index (χ1n) is 12.9. The maximum Gasteiger partial charge on any atom is 0.349 e. The molecule has 3 aromatic rings. The molecule has 0 unspecified atom stereocenters. The number of amides is 1. The Morgan fingerprint density at radius 3 is 1.48 bits per heavy atom. The second-order valence-electron chi connectivity index (χ2n) is 9.06. The molecular formula is C30H25Cl2NO13. The van der Waals surface area contributed by atoms with Crippen molar-refractivity contribution in [1.82, 2.24) is 0 Å². The zero-order valence-corrected chi connectivity index (χ0v) is 26.0. The van der Waals surface area contributed by atoms with E-state index in [4.69, 9.17) is 51.6 Å². The molecular weight excluding hydrogens is 653 g/mol. The summed E-state index contributed by atoms with van der Waals surface area (Å²) in [5, 5.41) is 12.6. The summed E-state index contributed by atoms with van der Waals surface area (Å²) in [6, 6.07) is 10.9. The molecule has 3 rings (SSSR count). The Hall–Kier alpha value is -5.34. The van der Waals surface area contributed by atoms with Gasteiger partial charge in [-0.05, 0) is 54.6 Å². The topological polar surface area (TPSA) is 190 Å². The van der Waals surface area contributed by atoms with Crippen LogP contribution in [0.3, 0.4) is 0 Å². The van der Waals surface area contributed by atoms with E-state index in [0.717, 1.165) is 38.1 Å². The molecule has 0 spiro atoms. The molecule has 46 heavy (non-hydrogen) atoms. The SMILES string of the molecule is COc1cc(C(=O)O[C@@H](C(=O)O)[C@@H](OC(=O)c2ccc(OC(C)=O)c(OC)c2)C(=O)Nc2cc(Cl)cc(Cl)c2)ccc1OC(C)=O. The van der Waals surface area contributed by atoms with Gasteiger partial charge in [-0.15, -0.1) is 0 Å². The number of anilines is 1. The number of ether oxygens (including phenoxy) is 6. The Balaban J connectivity index is 1.99. The van der Waals surface area contributed by atoms with Gasteiger partial charge in [-0.3, -0.25) is 14.4 Å². The zero-order valence-electron chi connectivity index (χ0n) is 24.5. The number of carbonyl (C=O) groups excluding carboxylic acids is 5. The van der Waals surface area contributed by atoms with Gasteiger partial charge in [0.15, 0.2) is 23.0 Å². The molecule has 3 aromatic carbocycles. The van der Waals surface area contributed by atoms with Crippen molar-refractivity contribution in [2.45, 2.75) is 26.1 Å². The first-order chi connectivity index (χ1) is 21.7. The van der Waals surface area contributed by atoms with Crippen LogP contribution in [0.4, 0.5) is 5.69 Å². The van der Waals surface area contributed by atoms with Crippen molar-refractivity contribution in [2.75, 3.05) is 19.5 Å². The Kier molecular flexibility index (Phi) is 11.9. The smallest absolute Gasteiger partial charge is 0.349 e. The number of carboxylic acids is 1. The van der Waals surface area contributed by atoms with Crippen molar-refractivity contribution in [3.8, 4) is 23.0 Å². The van der Waals surface area contributed by atoms with E-state index in [1.54, 1.807) is 0 Å². The molecule has 242 valence electrons. The van der Waals surface area contributed by atoms with Crippen LogP contribution in [0.2, 0.25) is 10.0 Å². The minimum Gasteiger partial charge on any atom is -0.493 e. The summed E-state index contributed by atoms with van der Waals surface area (Å²) in [6.07, 6.45) is -4.71. The van der Waals surface area contributed by atoms with Gasteiger partial charge in [0.1, 0.15) is 0 Å². The van der Waals surface area contributed by atoms with Crippen LogP contribution < -0.4 is 24.3 Å². The summed E-state index contributed by atoms with van der Waals surface area (Å²) in [4.78, 5) is 74.9. The van der Waals surface area contributed by atoms with Crippen molar-refractivity contribution >= 4 is 64.6 Å². The molecule has 16 heteroatoms. The maximum atomic E-state index is 13.4. The third-order valence-electron chi connectivity index (χ3n) is 5.68. The fraction of sp³-hybridized carbons (Fsp3) is 0.200. The molecule has 0 aliphatic heterocycles. The Bertz CT molecular complexity index is 1670. The van der Waals surface area contributed by atoms with E-state index >= 15 is 0 Å². The number of methoxy groups -OCH3 is 2. The number of esters is 4. The number of hydrogen-bond acceptors (Lipinski definition) is 12. The lowest BCUT2D eigenvalue weighted by atomic mass is 10.1. The fourth-order valence-corrected chi connectivity index (χ4v) is 4.29. The number of carboxylic acid groups (broad SMARTS) is 1. The average Bonchev–Trinajstić information content (AvgIpc) is 2.97. The quantitative estimate of drug-likeness (QED) is 0.204. The average molecular weight is 678 g/mol. The summed E-state index contributed by atoms with van der Waals surface area (Å²) in [5.41, 5.74) is -0.522. The molecule has 0 saturated heterocycles. The summed E-state index contributed by atoms with van der Waals surface area (Å²) in [5.74, 6) is -7.17. The van der Waals surface area contributed by atoms with Gasteiger partial charge >= 0.3 is 29.8 Å². The van der Waals surface area contributed by atoms with Crippen molar-refractivity contribution in [1.29, 1.82) is 0 Å².